The quantitative estimate of drug-likeness (QED) is 0.816. The highest BCUT2D eigenvalue weighted by Crippen LogP contribution is 2.30. The van der Waals surface area contributed by atoms with Crippen LogP contribution in [0.4, 0.5) is 0 Å². The summed E-state index contributed by atoms with van der Waals surface area (Å²) in [6.07, 6.45) is 6.93. The van der Waals surface area contributed by atoms with Gasteiger partial charge in [0.25, 0.3) is 0 Å². The highest BCUT2D eigenvalue weighted by molar-refractivity contribution is 5.79. The second-order valence-electron chi connectivity index (χ2n) is 5.93. The molecule has 102 valence electrons. The maximum Gasteiger partial charge on any atom is 0.228 e. The molecule has 4 nitrogen and oxygen atoms in total. The summed E-state index contributed by atoms with van der Waals surface area (Å²) in [5.74, 6) is 0.478. The number of carbonyl (C=O) groups is 1. The van der Waals surface area contributed by atoms with Gasteiger partial charge in [-0.15, -0.1) is 0 Å². The molecule has 3 aliphatic rings. The summed E-state index contributed by atoms with van der Waals surface area (Å²) in [5, 5.41) is 3.50. The van der Waals surface area contributed by atoms with Gasteiger partial charge in [0, 0.05) is 25.2 Å². The zero-order valence-electron chi connectivity index (χ0n) is 11.1. The summed E-state index contributed by atoms with van der Waals surface area (Å²) in [7, 11) is 0. The van der Waals surface area contributed by atoms with Crippen molar-refractivity contribution < 1.29 is 9.53 Å². The van der Waals surface area contributed by atoms with Gasteiger partial charge in [-0.05, 0) is 45.1 Å². The Kier molecular flexibility index (Phi) is 3.85. The Balaban J connectivity index is 1.59. The summed E-state index contributed by atoms with van der Waals surface area (Å²) in [6, 6.07) is 1.06. The predicted octanol–water partition coefficient (Wildman–Crippen LogP) is 1.16. The molecule has 0 aromatic carbocycles. The van der Waals surface area contributed by atoms with Crippen molar-refractivity contribution in [3.05, 3.63) is 0 Å². The maximum absolute atomic E-state index is 12.6. The SMILES string of the molecule is O=C([C@H]1CCCOC1)N(C[C@H]1CCCN1)C1CC1. The van der Waals surface area contributed by atoms with Crippen LogP contribution in [-0.2, 0) is 9.53 Å². The molecule has 0 spiro atoms. The van der Waals surface area contributed by atoms with E-state index in [-0.39, 0.29) is 5.92 Å². The van der Waals surface area contributed by atoms with E-state index in [1.807, 2.05) is 0 Å². The van der Waals surface area contributed by atoms with Gasteiger partial charge in [-0.25, -0.2) is 0 Å². The first-order valence-corrected chi connectivity index (χ1v) is 7.46. The Labute approximate surface area is 109 Å². The summed E-state index contributed by atoms with van der Waals surface area (Å²) >= 11 is 0. The number of carbonyl (C=O) groups excluding carboxylic acids is 1. The molecule has 4 heteroatoms. The van der Waals surface area contributed by atoms with Crippen LogP contribution in [0.2, 0.25) is 0 Å². The molecule has 0 aromatic rings. The second kappa shape index (κ2) is 5.57. The van der Waals surface area contributed by atoms with E-state index in [9.17, 15) is 4.79 Å². The topological polar surface area (TPSA) is 41.6 Å². The minimum Gasteiger partial charge on any atom is -0.381 e. The maximum atomic E-state index is 12.6. The molecule has 0 aromatic heterocycles. The minimum atomic E-state index is 0.126. The molecule has 2 atom stereocenters. The molecule has 2 heterocycles. The van der Waals surface area contributed by atoms with Gasteiger partial charge in [-0.2, -0.15) is 0 Å². The van der Waals surface area contributed by atoms with Crippen LogP contribution >= 0.6 is 0 Å². The van der Waals surface area contributed by atoms with Crippen LogP contribution < -0.4 is 5.32 Å². The van der Waals surface area contributed by atoms with Crippen LogP contribution in [0.5, 0.6) is 0 Å². The average Bonchev–Trinajstić information content (AvgIpc) is 3.13. The number of amides is 1. The van der Waals surface area contributed by atoms with Gasteiger partial charge in [0.1, 0.15) is 0 Å². The zero-order valence-corrected chi connectivity index (χ0v) is 11.1. The van der Waals surface area contributed by atoms with E-state index in [4.69, 9.17) is 4.74 Å². The van der Waals surface area contributed by atoms with Crippen molar-refractivity contribution in [1.29, 1.82) is 0 Å². The lowest BCUT2D eigenvalue weighted by Gasteiger charge is -2.31. The summed E-state index contributed by atoms with van der Waals surface area (Å²) in [4.78, 5) is 14.7. The average molecular weight is 252 g/mol. The highest BCUT2D eigenvalue weighted by atomic mass is 16.5. The molecule has 3 rings (SSSR count). The monoisotopic (exact) mass is 252 g/mol. The molecule has 3 fully saturated rings. The lowest BCUT2D eigenvalue weighted by atomic mass is 10.00. The number of rotatable bonds is 4. The van der Waals surface area contributed by atoms with Crippen LogP contribution in [0.1, 0.15) is 38.5 Å². The molecule has 0 unspecified atom stereocenters. The molecular weight excluding hydrogens is 228 g/mol. The highest BCUT2D eigenvalue weighted by Gasteiger charge is 2.37. The van der Waals surface area contributed by atoms with Gasteiger partial charge in [-0.3, -0.25) is 4.79 Å². The first-order chi connectivity index (χ1) is 8.84. The van der Waals surface area contributed by atoms with Crippen LogP contribution in [0.15, 0.2) is 0 Å². The molecule has 18 heavy (non-hydrogen) atoms. The van der Waals surface area contributed by atoms with E-state index < -0.39 is 0 Å². The Morgan fingerprint density at radius 1 is 1.22 bits per heavy atom. The van der Waals surface area contributed by atoms with E-state index in [1.165, 1.54) is 25.7 Å². The Morgan fingerprint density at radius 2 is 2.11 bits per heavy atom. The second-order valence-corrected chi connectivity index (χ2v) is 5.93. The molecule has 2 saturated heterocycles. The predicted molar refractivity (Wildman–Crippen MR) is 69.3 cm³/mol. The van der Waals surface area contributed by atoms with E-state index in [2.05, 4.69) is 10.2 Å². The van der Waals surface area contributed by atoms with Gasteiger partial charge >= 0.3 is 0 Å². The van der Waals surface area contributed by atoms with E-state index in [0.717, 1.165) is 32.5 Å². The normalized spacial score (nSPS) is 32.4. The Morgan fingerprint density at radius 3 is 2.72 bits per heavy atom. The number of hydrogen-bond acceptors (Lipinski definition) is 3. The molecule has 0 radical (unpaired) electrons. The van der Waals surface area contributed by atoms with Crippen molar-refractivity contribution >= 4 is 5.91 Å². The van der Waals surface area contributed by atoms with Crippen LogP contribution in [0, 0.1) is 5.92 Å². The molecule has 1 N–H and O–H groups in total. The Hall–Kier alpha value is -0.610. The smallest absolute Gasteiger partial charge is 0.228 e. The lowest BCUT2D eigenvalue weighted by Crippen LogP contribution is -2.46. The largest absolute Gasteiger partial charge is 0.381 e. The lowest BCUT2D eigenvalue weighted by molar-refractivity contribution is -0.140. The van der Waals surface area contributed by atoms with Gasteiger partial charge in [0.15, 0.2) is 0 Å². The van der Waals surface area contributed by atoms with Gasteiger partial charge in [0.2, 0.25) is 5.91 Å². The van der Waals surface area contributed by atoms with E-state index in [0.29, 0.717) is 24.6 Å². The van der Waals surface area contributed by atoms with Crippen LogP contribution in [0.25, 0.3) is 0 Å². The fourth-order valence-corrected chi connectivity index (χ4v) is 3.13. The molecule has 0 bridgehead atoms. The third-order valence-electron chi connectivity index (χ3n) is 4.36. The third kappa shape index (κ3) is 2.86. The first-order valence-electron chi connectivity index (χ1n) is 7.46. The molecule has 1 aliphatic carbocycles. The van der Waals surface area contributed by atoms with Gasteiger partial charge in [-0.1, -0.05) is 0 Å². The van der Waals surface area contributed by atoms with Crippen molar-refractivity contribution in [3.63, 3.8) is 0 Å². The molecule has 1 amide bonds. The Bertz CT molecular complexity index is 292. The fraction of sp³-hybridized carbons (Fsp3) is 0.929. The zero-order chi connectivity index (χ0) is 12.4. The molecular formula is C14H24N2O2. The summed E-state index contributed by atoms with van der Waals surface area (Å²) in [5.41, 5.74) is 0. The van der Waals surface area contributed by atoms with E-state index >= 15 is 0 Å². The fourth-order valence-electron chi connectivity index (χ4n) is 3.13. The van der Waals surface area contributed by atoms with Gasteiger partial charge < -0.3 is 15.0 Å². The molecule has 2 aliphatic heterocycles. The minimum absolute atomic E-state index is 0.126. The number of nitrogens with one attached hydrogen (secondary N) is 1. The summed E-state index contributed by atoms with van der Waals surface area (Å²) in [6.45, 7) is 3.50. The van der Waals surface area contributed by atoms with Crippen molar-refractivity contribution in [3.8, 4) is 0 Å². The first kappa shape index (κ1) is 12.4. The molecule has 1 saturated carbocycles. The third-order valence-corrected chi connectivity index (χ3v) is 4.36. The van der Waals surface area contributed by atoms with Crippen molar-refractivity contribution in [2.75, 3.05) is 26.3 Å². The number of nitrogens with zero attached hydrogens (tertiary/aromatic N) is 1. The number of hydrogen-bond donors (Lipinski definition) is 1. The van der Waals surface area contributed by atoms with Crippen molar-refractivity contribution in [2.45, 2.75) is 50.6 Å². The van der Waals surface area contributed by atoms with Crippen LogP contribution in [-0.4, -0.2) is 49.2 Å². The van der Waals surface area contributed by atoms with E-state index in [1.54, 1.807) is 0 Å². The summed E-state index contributed by atoms with van der Waals surface area (Å²) < 4.78 is 5.46. The van der Waals surface area contributed by atoms with Crippen molar-refractivity contribution in [1.82, 2.24) is 10.2 Å². The van der Waals surface area contributed by atoms with Crippen molar-refractivity contribution in [2.24, 2.45) is 5.92 Å². The van der Waals surface area contributed by atoms with Crippen LogP contribution in [0.3, 0.4) is 0 Å². The van der Waals surface area contributed by atoms with Gasteiger partial charge in [0.05, 0.1) is 12.5 Å². The number of ether oxygens (including phenoxy) is 1. The standard InChI is InChI=1S/C14H24N2O2/c17-14(11-3-2-8-18-10-11)16(13-5-6-13)9-12-4-1-7-15-12/h11-13,15H,1-10H2/t11-,12+/m0/s1.